The first kappa shape index (κ1) is 26.6. The van der Waals surface area contributed by atoms with Gasteiger partial charge in [-0.3, -0.25) is 19.6 Å². The van der Waals surface area contributed by atoms with E-state index in [-0.39, 0.29) is 45.9 Å². The van der Waals surface area contributed by atoms with Crippen LogP contribution in [0, 0.1) is 12.7 Å². The summed E-state index contributed by atoms with van der Waals surface area (Å²) < 4.78 is 18.3. The zero-order valence-electron chi connectivity index (χ0n) is 22.4. The highest BCUT2D eigenvalue weighted by atomic mass is 35.5. The number of halogens is 2. The third kappa shape index (κ3) is 4.48. The predicted octanol–water partition coefficient (Wildman–Crippen LogP) is 4.85. The minimum absolute atomic E-state index is 0.0166. The summed E-state index contributed by atoms with van der Waals surface area (Å²) in [6, 6.07) is 5.18. The Labute approximate surface area is 230 Å². The molecule has 0 aliphatic carbocycles. The molecule has 1 N–H and O–H groups in total. The van der Waals surface area contributed by atoms with Gasteiger partial charge in [-0.25, -0.2) is 9.37 Å². The topological polar surface area (TPSA) is 96.2 Å². The van der Waals surface area contributed by atoms with Crippen molar-refractivity contribution in [2.45, 2.75) is 39.8 Å². The van der Waals surface area contributed by atoms with E-state index in [1.54, 1.807) is 28.9 Å². The van der Waals surface area contributed by atoms with Gasteiger partial charge in [-0.1, -0.05) is 30.3 Å². The van der Waals surface area contributed by atoms with Crippen LogP contribution in [-0.4, -0.2) is 61.6 Å². The van der Waals surface area contributed by atoms with Gasteiger partial charge in [0.05, 0.1) is 16.7 Å². The summed E-state index contributed by atoms with van der Waals surface area (Å²) >= 11 is 6.84. The van der Waals surface area contributed by atoms with Gasteiger partial charge in [-0.2, -0.15) is 10.1 Å². The molecule has 1 fully saturated rings. The number of aromatic nitrogens is 4. The summed E-state index contributed by atoms with van der Waals surface area (Å²) in [5.74, 6) is -0.744. The number of rotatable bonds is 4. The second kappa shape index (κ2) is 9.92. The monoisotopic (exact) mass is 549 g/mol. The molecule has 202 valence electrons. The number of aryl methyl sites for hydroxylation is 2. The van der Waals surface area contributed by atoms with E-state index in [9.17, 15) is 9.59 Å². The van der Waals surface area contributed by atoms with Crippen LogP contribution in [0.15, 0.2) is 37.1 Å². The third-order valence-corrected chi connectivity index (χ3v) is 7.53. The number of fused-ring (bicyclic) bond motifs is 2. The fraction of sp³-hybridized carbons (Fsp3) is 0.321. The Morgan fingerprint density at radius 1 is 1.18 bits per heavy atom. The standard InChI is InChI=1S/C28H29ClFN7O2/c1-7-21(39)36-12-16(4)37(13-15(36)3)27-19-10-20(29)23(24(30)25(19)33-28(34-27)32-17(5)38)22-14(2)8-9-18-11-31-35(6)26(18)22/h7-11,15-16H,1,12-13H2,2-6H3,(H,32,33,34,38)/t15-,16+/m1/s1. The molecule has 0 unspecified atom stereocenters. The smallest absolute Gasteiger partial charge is 0.246 e. The number of nitrogens with one attached hydrogen (secondary N) is 1. The zero-order valence-corrected chi connectivity index (χ0v) is 23.2. The summed E-state index contributed by atoms with van der Waals surface area (Å²) in [4.78, 5) is 37.1. The van der Waals surface area contributed by atoms with Crippen molar-refractivity contribution in [3.63, 3.8) is 0 Å². The lowest BCUT2D eigenvalue weighted by Crippen LogP contribution is -2.58. The summed E-state index contributed by atoms with van der Waals surface area (Å²) in [6.07, 6.45) is 3.02. The Morgan fingerprint density at radius 2 is 1.92 bits per heavy atom. The summed E-state index contributed by atoms with van der Waals surface area (Å²) in [5.41, 5.74) is 2.44. The van der Waals surface area contributed by atoms with Crippen molar-refractivity contribution in [1.82, 2.24) is 24.6 Å². The molecule has 9 nitrogen and oxygen atoms in total. The molecule has 39 heavy (non-hydrogen) atoms. The predicted molar refractivity (Wildman–Crippen MR) is 151 cm³/mol. The number of nitrogens with zero attached hydrogens (tertiary/aromatic N) is 6. The van der Waals surface area contributed by atoms with Gasteiger partial charge >= 0.3 is 0 Å². The summed E-state index contributed by atoms with van der Waals surface area (Å²) in [7, 11) is 1.80. The van der Waals surface area contributed by atoms with Crippen molar-refractivity contribution in [3.8, 4) is 11.1 Å². The van der Waals surface area contributed by atoms with E-state index in [2.05, 4.69) is 27.0 Å². The van der Waals surface area contributed by atoms with Gasteiger partial charge in [0.15, 0.2) is 5.82 Å². The van der Waals surface area contributed by atoms with E-state index in [1.165, 1.54) is 13.0 Å². The van der Waals surface area contributed by atoms with Gasteiger partial charge in [0.2, 0.25) is 17.8 Å². The van der Waals surface area contributed by atoms with Crippen LogP contribution in [-0.2, 0) is 16.6 Å². The first-order valence-electron chi connectivity index (χ1n) is 12.6. The number of amides is 2. The number of benzene rings is 2. The molecule has 2 amide bonds. The largest absolute Gasteiger partial charge is 0.349 e. The highest BCUT2D eigenvalue weighted by Crippen LogP contribution is 2.42. The molecular formula is C28H29ClFN7O2. The molecule has 3 heterocycles. The van der Waals surface area contributed by atoms with Gasteiger partial charge in [0, 0.05) is 61.0 Å². The maximum Gasteiger partial charge on any atom is 0.246 e. The van der Waals surface area contributed by atoms with Gasteiger partial charge in [0.25, 0.3) is 0 Å². The average Bonchev–Trinajstić information content (AvgIpc) is 3.26. The van der Waals surface area contributed by atoms with Crippen molar-refractivity contribution in [3.05, 3.63) is 53.5 Å². The highest BCUT2D eigenvalue weighted by molar-refractivity contribution is 6.35. The number of hydrogen-bond acceptors (Lipinski definition) is 6. The minimum Gasteiger partial charge on any atom is -0.349 e. The zero-order chi connectivity index (χ0) is 28.2. The Kier molecular flexibility index (Phi) is 6.76. The molecule has 0 saturated carbocycles. The molecule has 5 rings (SSSR count). The Morgan fingerprint density at radius 3 is 2.62 bits per heavy atom. The maximum absolute atomic E-state index is 16.6. The quantitative estimate of drug-likeness (QED) is 0.365. The van der Waals surface area contributed by atoms with E-state index < -0.39 is 5.82 Å². The second-order valence-electron chi connectivity index (χ2n) is 10.0. The van der Waals surface area contributed by atoms with Crippen LogP contribution in [0.3, 0.4) is 0 Å². The lowest BCUT2D eigenvalue weighted by molar-refractivity contribution is -0.128. The molecule has 0 radical (unpaired) electrons. The molecule has 1 saturated heterocycles. The van der Waals surface area contributed by atoms with Crippen molar-refractivity contribution in [2.75, 3.05) is 23.3 Å². The normalized spacial score (nSPS) is 17.6. The average molecular weight is 550 g/mol. The Bertz CT molecular complexity index is 1670. The molecule has 4 aromatic rings. The molecule has 0 spiro atoms. The fourth-order valence-electron chi connectivity index (χ4n) is 5.37. The van der Waals surface area contributed by atoms with Gasteiger partial charge in [-0.05, 0) is 38.5 Å². The number of hydrogen-bond donors (Lipinski definition) is 1. The molecule has 2 atom stereocenters. The number of piperazine rings is 1. The minimum atomic E-state index is -0.620. The van der Waals surface area contributed by atoms with Crippen LogP contribution < -0.4 is 10.2 Å². The highest BCUT2D eigenvalue weighted by Gasteiger charge is 2.34. The van der Waals surface area contributed by atoms with Crippen molar-refractivity contribution >= 4 is 57.0 Å². The van der Waals surface area contributed by atoms with E-state index in [0.717, 1.165) is 16.5 Å². The molecule has 1 aliphatic heterocycles. The van der Waals surface area contributed by atoms with E-state index >= 15 is 4.39 Å². The molecule has 0 bridgehead atoms. The summed E-state index contributed by atoms with van der Waals surface area (Å²) in [6.45, 7) is 11.6. The Hall–Kier alpha value is -4.05. The number of carbonyl (C=O) groups is 2. The van der Waals surface area contributed by atoms with Crippen LogP contribution >= 0.6 is 11.6 Å². The van der Waals surface area contributed by atoms with Crippen molar-refractivity contribution in [2.24, 2.45) is 7.05 Å². The lowest BCUT2D eigenvalue weighted by Gasteiger charge is -2.44. The van der Waals surface area contributed by atoms with E-state index in [1.807, 2.05) is 37.8 Å². The van der Waals surface area contributed by atoms with Gasteiger partial charge in [0.1, 0.15) is 11.3 Å². The van der Waals surface area contributed by atoms with Crippen LogP contribution in [0.5, 0.6) is 0 Å². The maximum atomic E-state index is 16.6. The van der Waals surface area contributed by atoms with Crippen LogP contribution in [0.2, 0.25) is 5.02 Å². The third-order valence-electron chi connectivity index (χ3n) is 7.23. The molecule has 2 aromatic carbocycles. The number of anilines is 2. The molecule has 1 aliphatic rings. The van der Waals surface area contributed by atoms with Gasteiger partial charge in [-0.15, -0.1) is 0 Å². The van der Waals surface area contributed by atoms with Crippen molar-refractivity contribution in [1.29, 1.82) is 0 Å². The Balaban J connectivity index is 1.75. The first-order chi connectivity index (χ1) is 18.5. The molecule has 11 heteroatoms. The first-order valence-corrected chi connectivity index (χ1v) is 13.0. The number of carbonyl (C=O) groups excluding carboxylic acids is 2. The van der Waals surface area contributed by atoms with E-state index in [4.69, 9.17) is 11.6 Å². The van der Waals surface area contributed by atoms with E-state index in [0.29, 0.717) is 29.9 Å². The molecule has 2 aromatic heterocycles. The SMILES string of the molecule is C=CC(=O)N1C[C@H](C)N(c2nc(NC(C)=O)nc3c(F)c(-c4c(C)ccc5cnn(C)c45)c(Cl)cc23)C[C@H]1C. The molecular weight excluding hydrogens is 521 g/mol. The lowest BCUT2D eigenvalue weighted by atomic mass is 9.95. The van der Waals surface area contributed by atoms with Crippen LogP contribution in [0.1, 0.15) is 26.3 Å². The van der Waals surface area contributed by atoms with Crippen LogP contribution in [0.25, 0.3) is 32.9 Å². The summed E-state index contributed by atoms with van der Waals surface area (Å²) in [5, 5.41) is 8.42. The van der Waals surface area contributed by atoms with Crippen molar-refractivity contribution < 1.29 is 14.0 Å². The second-order valence-corrected chi connectivity index (χ2v) is 10.4. The van der Waals surface area contributed by atoms with Gasteiger partial charge < -0.3 is 9.80 Å². The fourth-order valence-corrected chi connectivity index (χ4v) is 5.66. The van der Waals surface area contributed by atoms with Crippen LogP contribution in [0.4, 0.5) is 16.2 Å².